The van der Waals surface area contributed by atoms with E-state index in [4.69, 9.17) is 26.2 Å². The van der Waals surface area contributed by atoms with Gasteiger partial charge in [-0.05, 0) is 48.6 Å². The van der Waals surface area contributed by atoms with Gasteiger partial charge in [-0.15, -0.1) is 0 Å². The molecule has 2 heterocycles. The number of rotatable bonds is 7. The van der Waals surface area contributed by atoms with Crippen molar-refractivity contribution in [2.75, 3.05) is 0 Å². The van der Waals surface area contributed by atoms with Gasteiger partial charge in [0.15, 0.2) is 0 Å². The van der Waals surface area contributed by atoms with Crippen molar-refractivity contribution in [3.8, 4) is 11.6 Å². The zero-order valence-electron chi connectivity index (χ0n) is 16.1. The molecule has 4 nitrogen and oxygen atoms in total. The quantitative estimate of drug-likeness (QED) is 0.531. The number of para-hydroxylation sites is 1. The molecule has 0 fully saturated rings. The van der Waals surface area contributed by atoms with Gasteiger partial charge in [-0.2, -0.15) is 5.10 Å². The van der Waals surface area contributed by atoms with Crippen LogP contribution in [0.3, 0.4) is 0 Å². The second kappa shape index (κ2) is 8.70. The van der Waals surface area contributed by atoms with E-state index in [1.165, 1.54) is 5.56 Å². The highest BCUT2D eigenvalue weighted by Gasteiger charge is 2.22. The Morgan fingerprint density at radius 3 is 2.93 bits per heavy atom. The monoisotopic (exact) mass is 396 g/mol. The van der Waals surface area contributed by atoms with Crippen molar-refractivity contribution in [1.29, 1.82) is 0 Å². The van der Waals surface area contributed by atoms with E-state index in [1.807, 2.05) is 47.1 Å². The van der Waals surface area contributed by atoms with Gasteiger partial charge in [0.05, 0.1) is 12.2 Å². The Morgan fingerprint density at radius 1 is 1.18 bits per heavy atom. The van der Waals surface area contributed by atoms with Crippen LogP contribution in [-0.2, 0) is 26.0 Å². The maximum Gasteiger partial charge on any atom is 0.212 e. The van der Waals surface area contributed by atoms with Crippen LogP contribution in [0.1, 0.15) is 36.6 Å². The standard InChI is InChI=1S/C23H25ClN2O2/c1-2-6-20-14-23(27-16-17-7-5-9-19(24)13-17)26(25-20)15-21-12-11-18-8-3-4-10-22(18)28-21/h3-5,7-10,13-14,21H,2,6,11-12,15-16H2,1H3. The highest BCUT2D eigenvalue weighted by Crippen LogP contribution is 2.28. The Labute approximate surface area is 171 Å². The maximum atomic E-state index is 6.20. The second-order valence-corrected chi connectivity index (χ2v) is 7.65. The van der Waals surface area contributed by atoms with Crippen LogP contribution in [0, 0.1) is 0 Å². The Morgan fingerprint density at radius 2 is 2.07 bits per heavy atom. The van der Waals surface area contributed by atoms with Gasteiger partial charge in [0, 0.05) is 11.1 Å². The molecule has 0 saturated carbocycles. The first kappa shape index (κ1) is 18.9. The predicted octanol–water partition coefficient (Wildman–Crippen LogP) is 5.46. The van der Waals surface area contributed by atoms with Crippen LogP contribution in [0.25, 0.3) is 0 Å². The minimum Gasteiger partial charge on any atom is -0.488 e. The molecule has 1 atom stereocenters. The molecule has 0 amide bonds. The fourth-order valence-electron chi connectivity index (χ4n) is 3.56. The Kier molecular flexibility index (Phi) is 5.87. The molecular formula is C23H25ClN2O2. The number of aryl methyl sites for hydroxylation is 2. The van der Waals surface area contributed by atoms with Crippen LogP contribution < -0.4 is 9.47 Å². The summed E-state index contributed by atoms with van der Waals surface area (Å²) in [5, 5.41) is 5.48. The van der Waals surface area contributed by atoms with E-state index in [0.29, 0.717) is 13.2 Å². The van der Waals surface area contributed by atoms with Crippen molar-refractivity contribution in [3.05, 3.63) is 76.4 Å². The normalized spacial score (nSPS) is 15.7. The van der Waals surface area contributed by atoms with Crippen LogP contribution in [-0.4, -0.2) is 15.9 Å². The zero-order chi connectivity index (χ0) is 19.3. The number of hydrogen-bond acceptors (Lipinski definition) is 3. The first-order chi connectivity index (χ1) is 13.7. The van der Waals surface area contributed by atoms with E-state index in [9.17, 15) is 0 Å². The van der Waals surface area contributed by atoms with Crippen molar-refractivity contribution in [2.24, 2.45) is 0 Å². The summed E-state index contributed by atoms with van der Waals surface area (Å²) in [6.45, 7) is 3.31. The molecule has 0 bridgehead atoms. The van der Waals surface area contributed by atoms with Crippen LogP contribution in [0.15, 0.2) is 54.6 Å². The second-order valence-electron chi connectivity index (χ2n) is 7.21. The summed E-state index contributed by atoms with van der Waals surface area (Å²) in [6.07, 6.45) is 4.10. The molecule has 0 saturated heterocycles. The summed E-state index contributed by atoms with van der Waals surface area (Å²) in [6, 6.07) is 18.1. The highest BCUT2D eigenvalue weighted by atomic mass is 35.5. The third-order valence-corrected chi connectivity index (χ3v) is 5.19. The summed E-state index contributed by atoms with van der Waals surface area (Å²) in [5.74, 6) is 1.77. The van der Waals surface area contributed by atoms with Crippen LogP contribution in [0.4, 0.5) is 0 Å². The van der Waals surface area contributed by atoms with Crippen molar-refractivity contribution in [2.45, 2.75) is 51.9 Å². The van der Waals surface area contributed by atoms with Gasteiger partial charge in [0.2, 0.25) is 5.88 Å². The predicted molar refractivity (Wildman–Crippen MR) is 111 cm³/mol. The molecule has 1 aromatic heterocycles. The zero-order valence-corrected chi connectivity index (χ0v) is 16.9. The Hall–Kier alpha value is -2.46. The summed E-state index contributed by atoms with van der Waals surface area (Å²) in [5.41, 5.74) is 3.38. The molecule has 28 heavy (non-hydrogen) atoms. The molecule has 0 radical (unpaired) electrons. The molecule has 0 aliphatic carbocycles. The van der Waals surface area contributed by atoms with Crippen LogP contribution >= 0.6 is 11.6 Å². The minimum atomic E-state index is 0.0952. The van der Waals surface area contributed by atoms with Crippen molar-refractivity contribution in [1.82, 2.24) is 9.78 Å². The number of halogens is 1. The number of hydrogen-bond donors (Lipinski definition) is 0. The molecule has 3 aromatic rings. The van der Waals surface area contributed by atoms with Gasteiger partial charge < -0.3 is 9.47 Å². The fraction of sp³-hybridized carbons (Fsp3) is 0.348. The summed E-state index contributed by atoms with van der Waals surface area (Å²) in [7, 11) is 0. The van der Waals surface area contributed by atoms with Crippen molar-refractivity contribution in [3.63, 3.8) is 0 Å². The van der Waals surface area contributed by atoms with Gasteiger partial charge in [0.25, 0.3) is 0 Å². The van der Waals surface area contributed by atoms with E-state index < -0.39 is 0 Å². The molecule has 1 aliphatic rings. The fourth-order valence-corrected chi connectivity index (χ4v) is 3.77. The van der Waals surface area contributed by atoms with E-state index in [2.05, 4.69) is 19.1 Å². The third kappa shape index (κ3) is 4.50. The van der Waals surface area contributed by atoms with E-state index >= 15 is 0 Å². The lowest BCUT2D eigenvalue weighted by molar-refractivity contribution is 0.141. The lowest BCUT2D eigenvalue weighted by atomic mass is 10.0. The molecule has 5 heteroatoms. The molecule has 146 valence electrons. The topological polar surface area (TPSA) is 36.3 Å². The average molecular weight is 397 g/mol. The number of benzene rings is 2. The van der Waals surface area contributed by atoms with E-state index in [1.54, 1.807) is 0 Å². The molecule has 2 aromatic carbocycles. The van der Waals surface area contributed by atoms with E-state index in [-0.39, 0.29) is 6.10 Å². The first-order valence-corrected chi connectivity index (χ1v) is 10.3. The van der Waals surface area contributed by atoms with Gasteiger partial charge in [-0.3, -0.25) is 0 Å². The van der Waals surface area contributed by atoms with E-state index in [0.717, 1.165) is 53.6 Å². The molecule has 1 unspecified atom stereocenters. The van der Waals surface area contributed by atoms with Crippen molar-refractivity contribution >= 4 is 11.6 Å². The molecule has 4 rings (SSSR count). The number of fused-ring (bicyclic) bond motifs is 1. The smallest absolute Gasteiger partial charge is 0.212 e. The van der Waals surface area contributed by atoms with Crippen LogP contribution in [0.5, 0.6) is 11.6 Å². The van der Waals surface area contributed by atoms with Gasteiger partial charge in [-0.1, -0.05) is 55.3 Å². The maximum absolute atomic E-state index is 6.20. The molecule has 0 N–H and O–H groups in total. The lowest BCUT2D eigenvalue weighted by Crippen LogP contribution is -2.28. The summed E-state index contributed by atoms with van der Waals surface area (Å²) < 4.78 is 14.3. The molecule has 1 aliphatic heterocycles. The van der Waals surface area contributed by atoms with Crippen molar-refractivity contribution < 1.29 is 9.47 Å². The number of aromatic nitrogens is 2. The first-order valence-electron chi connectivity index (χ1n) is 9.90. The lowest BCUT2D eigenvalue weighted by Gasteiger charge is -2.26. The number of ether oxygens (including phenoxy) is 2. The SMILES string of the molecule is CCCc1cc(OCc2cccc(Cl)c2)n(CC2CCc3ccccc3O2)n1. The van der Waals surface area contributed by atoms with Gasteiger partial charge in [0.1, 0.15) is 18.5 Å². The summed E-state index contributed by atoms with van der Waals surface area (Å²) in [4.78, 5) is 0. The molecule has 0 spiro atoms. The Balaban J connectivity index is 1.48. The summed E-state index contributed by atoms with van der Waals surface area (Å²) >= 11 is 6.08. The Bertz CT molecular complexity index is 938. The van der Waals surface area contributed by atoms with Gasteiger partial charge in [-0.25, -0.2) is 4.68 Å². The molecular weight excluding hydrogens is 372 g/mol. The average Bonchev–Trinajstić information content (AvgIpc) is 3.08. The highest BCUT2D eigenvalue weighted by molar-refractivity contribution is 6.30. The van der Waals surface area contributed by atoms with Gasteiger partial charge >= 0.3 is 0 Å². The largest absolute Gasteiger partial charge is 0.488 e. The minimum absolute atomic E-state index is 0.0952. The third-order valence-electron chi connectivity index (χ3n) is 4.95. The van der Waals surface area contributed by atoms with Crippen LogP contribution in [0.2, 0.25) is 5.02 Å². The number of nitrogens with zero attached hydrogens (tertiary/aromatic N) is 2.